The highest BCUT2D eigenvalue weighted by molar-refractivity contribution is 5.91. The summed E-state index contributed by atoms with van der Waals surface area (Å²) in [5, 5.41) is 19.0. The molecule has 4 rings (SSSR count). The molecule has 0 amide bonds. The van der Waals surface area contributed by atoms with E-state index in [1.165, 1.54) is 12.1 Å². The number of nitrogens with zero attached hydrogens (tertiary/aromatic N) is 1. The smallest absolute Gasteiger partial charge is 0.339 e. The standard InChI is InChI=1S/C24H20N2O4/c25-22-14-26(18-10-11-20(24(28)29)23(27)12-18)13-21(22)17-8-6-16(7-9-17)15-30-19-4-2-1-3-5-19/h1-14,27H,15,25H2,(H,28,29). The van der Waals surface area contributed by atoms with E-state index < -0.39 is 5.97 Å². The van der Waals surface area contributed by atoms with Crippen molar-refractivity contribution in [2.45, 2.75) is 6.61 Å². The van der Waals surface area contributed by atoms with Crippen LogP contribution in [0, 0.1) is 0 Å². The molecule has 0 saturated carbocycles. The maximum Gasteiger partial charge on any atom is 0.339 e. The van der Waals surface area contributed by atoms with Crippen molar-refractivity contribution in [3.8, 4) is 28.3 Å². The molecule has 1 heterocycles. The van der Waals surface area contributed by atoms with Crippen molar-refractivity contribution in [1.82, 2.24) is 4.57 Å². The van der Waals surface area contributed by atoms with Crippen LogP contribution >= 0.6 is 0 Å². The van der Waals surface area contributed by atoms with E-state index in [-0.39, 0.29) is 11.3 Å². The van der Waals surface area contributed by atoms with Crippen molar-refractivity contribution in [2.75, 3.05) is 5.73 Å². The first-order valence-corrected chi connectivity index (χ1v) is 9.32. The summed E-state index contributed by atoms with van der Waals surface area (Å²) >= 11 is 0. The van der Waals surface area contributed by atoms with E-state index in [0.29, 0.717) is 18.0 Å². The van der Waals surface area contributed by atoms with Crippen molar-refractivity contribution in [3.63, 3.8) is 0 Å². The van der Waals surface area contributed by atoms with Crippen LogP contribution in [-0.4, -0.2) is 20.7 Å². The Hall–Kier alpha value is -4.19. The molecular formula is C24H20N2O4. The highest BCUT2D eigenvalue weighted by Crippen LogP contribution is 2.30. The van der Waals surface area contributed by atoms with Crippen LogP contribution in [0.3, 0.4) is 0 Å². The topological polar surface area (TPSA) is 97.7 Å². The number of nitrogen functional groups attached to an aromatic ring is 1. The Bertz CT molecular complexity index is 1180. The summed E-state index contributed by atoms with van der Waals surface area (Å²) in [4.78, 5) is 11.1. The van der Waals surface area contributed by atoms with Crippen LogP contribution in [0.5, 0.6) is 11.5 Å². The van der Waals surface area contributed by atoms with Crippen molar-refractivity contribution < 1.29 is 19.7 Å². The number of carboxylic acid groups (broad SMARTS) is 1. The second-order valence-corrected chi connectivity index (χ2v) is 6.84. The fourth-order valence-electron chi connectivity index (χ4n) is 3.19. The van der Waals surface area contributed by atoms with Crippen molar-refractivity contribution >= 4 is 11.7 Å². The lowest BCUT2D eigenvalue weighted by Crippen LogP contribution is -1.98. The number of carboxylic acids is 1. The number of aromatic hydroxyl groups is 1. The number of phenols is 1. The zero-order valence-corrected chi connectivity index (χ0v) is 16.0. The summed E-state index contributed by atoms with van der Waals surface area (Å²) in [6.45, 7) is 0.468. The number of benzene rings is 3. The van der Waals surface area contributed by atoms with Crippen LogP contribution in [0.15, 0.2) is 85.2 Å². The molecule has 0 saturated heterocycles. The van der Waals surface area contributed by atoms with Gasteiger partial charge < -0.3 is 25.3 Å². The lowest BCUT2D eigenvalue weighted by Gasteiger charge is -2.07. The fraction of sp³-hybridized carbons (Fsp3) is 0.0417. The second-order valence-electron chi connectivity index (χ2n) is 6.84. The largest absolute Gasteiger partial charge is 0.507 e. The fourth-order valence-corrected chi connectivity index (χ4v) is 3.19. The minimum Gasteiger partial charge on any atom is -0.507 e. The lowest BCUT2D eigenvalue weighted by molar-refractivity contribution is 0.0693. The molecular weight excluding hydrogens is 380 g/mol. The van der Waals surface area contributed by atoms with Crippen molar-refractivity contribution in [2.24, 2.45) is 0 Å². The molecule has 6 heteroatoms. The van der Waals surface area contributed by atoms with Gasteiger partial charge in [0.2, 0.25) is 0 Å². The number of para-hydroxylation sites is 1. The molecule has 0 atom stereocenters. The van der Waals surface area contributed by atoms with Gasteiger partial charge in [0.1, 0.15) is 23.7 Å². The number of aromatic carboxylic acids is 1. The third kappa shape index (κ3) is 3.98. The average Bonchev–Trinajstić information content (AvgIpc) is 3.14. The Kier molecular flexibility index (Phi) is 5.13. The number of ether oxygens (including phenoxy) is 1. The Morgan fingerprint density at radius 3 is 2.37 bits per heavy atom. The van der Waals surface area contributed by atoms with Crippen LogP contribution in [0.1, 0.15) is 15.9 Å². The van der Waals surface area contributed by atoms with E-state index >= 15 is 0 Å². The Labute approximate surface area is 173 Å². The average molecular weight is 400 g/mol. The van der Waals surface area contributed by atoms with E-state index in [1.807, 2.05) is 60.8 Å². The van der Waals surface area contributed by atoms with E-state index in [4.69, 9.17) is 15.6 Å². The summed E-state index contributed by atoms with van der Waals surface area (Å²) in [6.07, 6.45) is 3.58. The van der Waals surface area contributed by atoms with Crippen LogP contribution < -0.4 is 10.5 Å². The minimum atomic E-state index is -1.18. The molecule has 0 aliphatic rings. The van der Waals surface area contributed by atoms with Gasteiger partial charge in [0.25, 0.3) is 0 Å². The zero-order valence-electron chi connectivity index (χ0n) is 16.0. The van der Waals surface area contributed by atoms with Gasteiger partial charge in [-0.15, -0.1) is 0 Å². The number of nitrogens with two attached hydrogens (primary N) is 1. The number of rotatable bonds is 6. The number of carbonyl (C=O) groups is 1. The van der Waals surface area contributed by atoms with E-state index in [0.717, 1.165) is 22.4 Å². The van der Waals surface area contributed by atoms with Crippen molar-refractivity contribution in [3.05, 3.63) is 96.3 Å². The molecule has 0 spiro atoms. The molecule has 4 N–H and O–H groups in total. The number of aromatic nitrogens is 1. The molecule has 4 aromatic rings. The maximum absolute atomic E-state index is 11.1. The molecule has 0 aliphatic carbocycles. The van der Waals surface area contributed by atoms with E-state index in [9.17, 15) is 9.90 Å². The highest BCUT2D eigenvalue weighted by atomic mass is 16.5. The molecule has 1 aromatic heterocycles. The quantitative estimate of drug-likeness (QED) is 0.435. The van der Waals surface area contributed by atoms with Gasteiger partial charge in [0.05, 0.1) is 5.69 Å². The SMILES string of the molecule is Nc1cn(-c2ccc(C(=O)O)c(O)c2)cc1-c1ccc(COc2ccccc2)cc1. The molecule has 0 radical (unpaired) electrons. The summed E-state index contributed by atoms with van der Waals surface area (Å²) in [6, 6.07) is 22.0. The van der Waals surface area contributed by atoms with Crippen LogP contribution in [-0.2, 0) is 6.61 Å². The van der Waals surface area contributed by atoms with Crippen LogP contribution in [0.2, 0.25) is 0 Å². The zero-order chi connectivity index (χ0) is 21.1. The molecule has 0 unspecified atom stereocenters. The van der Waals surface area contributed by atoms with Gasteiger partial charge in [-0.25, -0.2) is 4.79 Å². The van der Waals surface area contributed by atoms with Gasteiger partial charge >= 0.3 is 5.97 Å². The van der Waals surface area contributed by atoms with E-state index in [1.54, 1.807) is 16.8 Å². The molecule has 30 heavy (non-hydrogen) atoms. The van der Waals surface area contributed by atoms with Crippen molar-refractivity contribution in [1.29, 1.82) is 0 Å². The lowest BCUT2D eigenvalue weighted by atomic mass is 10.1. The third-order valence-electron chi connectivity index (χ3n) is 4.78. The van der Waals surface area contributed by atoms with E-state index in [2.05, 4.69) is 0 Å². The predicted octanol–water partition coefficient (Wildman–Crippen LogP) is 4.71. The molecule has 6 nitrogen and oxygen atoms in total. The van der Waals surface area contributed by atoms with Crippen LogP contribution in [0.25, 0.3) is 16.8 Å². The Morgan fingerprint density at radius 1 is 0.967 bits per heavy atom. The molecule has 0 bridgehead atoms. The monoisotopic (exact) mass is 400 g/mol. The summed E-state index contributed by atoms with van der Waals surface area (Å²) in [5.74, 6) is -0.653. The summed E-state index contributed by atoms with van der Waals surface area (Å²) in [7, 11) is 0. The predicted molar refractivity (Wildman–Crippen MR) is 115 cm³/mol. The summed E-state index contributed by atoms with van der Waals surface area (Å²) in [5.41, 5.74) is 10.1. The number of hydrogen-bond donors (Lipinski definition) is 3. The minimum absolute atomic E-state index is 0.146. The van der Waals surface area contributed by atoms with Gasteiger partial charge in [-0.2, -0.15) is 0 Å². The normalized spacial score (nSPS) is 10.7. The van der Waals surface area contributed by atoms with Gasteiger partial charge in [-0.3, -0.25) is 0 Å². The first-order chi connectivity index (χ1) is 14.5. The van der Waals surface area contributed by atoms with Crippen LogP contribution in [0.4, 0.5) is 5.69 Å². The molecule has 0 fully saturated rings. The Balaban J connectivity index is 1.53. The molecule has 150 valence electrons. The summed E-state index contributed by atoms with van der Waals surface area (Å²) < 4.78 is 7.52. The first kappa shape index (κ1) is 19.1. The molecule has 0 aliphatic heterocycles. The Morgan fingerprint density at radius 2 is 1.70 bits per heavy atom. The molecule has 3 aromatic carbocycles. The highest BCUT2D eigenvalue weighted by Gasteiger charge is 2.12. The maximum atomic E-state index is 11.1. The number of anilines is 1. The number of hydrogen-bond acceptors (Lipinski definition) is 4. The first-order valence-electron chi connectivity index (χ1n) is 9.32. The van der Waals surface area contributed by atoms with Gasteiger partial charge in [-0.05, 0) is 35.4 Å². The third-order valence-corrected chi connectivity index (χ3v) is 4.78. The van der Waals surface area contributed by atoms with Gasteiger partial charge in [0.15, 0.2) is 0 Å². The van der Waals surface area contributed by atoms with Gasteiger partial charge in [0, 0.05) is 29.7 Å². The second kappa shape index (κ2) is 8.05. The van der Waals surface area contributed by atoms with Gasteiger partial charge in [-0.1, -0.05) is 42.5 Å².